The van der Waals surface area contributed by atoms with Gasteiger partial charge in [-0.15, -0.1) is 0 Å². The Balaban J connectivity index is 1.71. The number of nitriles is 1. The SMILES string of the molecule is CC(=O)OCC1=C[C@@H]2c3cccc4[nH]c(COC(=O)C(C)(C)C)c(c34)C[C@H]2N(C#N)C1. The third-order valence-electron chi connectivity index (χ3n) is 5.97. The van der Waals surface area contributed by atoms with Crippen molar-refractivity contribution in [1.29, 1.82) is 5.26 Å². The zero-order chi connectivity index (χ0) is 22.3. The molecule has 1 aliphatic carbocycles. The number of aromatic amines is 1. The van der Waals surface area contributed by atoms with E-state index < -0.39 is 5.41 Å². The van der Waals surface area contributed by atoms with E-state index in [4.69, 9.17) is 9.47 Å². The van der Waals surface area contributed by atoms with Crippen LogP contribution in [-0.4, -0.2) is 41.0 Å². The van der Waals surface area contributed by atoms with E-state index in [1.165, 1.54) is 6.92 Å². The number of hydrogen-bond acceptors (Lipinski definition) is 6. The van der Waals surface area contributed by atoms with Crippen LogP contribution in [0.1, 0.15) is 50.4 Å². The maximum absolute atomic E-state index is 12.3. The van der Waals surface area contributed by atoms with Gasteiger partial charge in [-0.2, -0.15) is 5.26 Å². The molecule has 162 valence electrons. The van der Waals surface area contributed by atoms with E-state index in [-0.39, 0.29) is 37.1 Å². The average Bonchev–Trinajstić information content (AvgIpc) is 3.08. The highest BCUT2D eigenvalue weighted by atomic mass is 16.5. The monoisotopic (exact) mass is 421 g/mol. The quantitative estimate of drug-likeness (QED) is 0.461. The molecule has 2 atom stereocenters. The van der Waals surface area contributed by atoms with E-state index in [2.05, 4.69) is 23.3 Å². The molecule has 2 heterocycles. The molecule has 1 aliphatic heterocycles. The van der Waals surface area contributed by atoms with Gasteiger partial charge in [-0.1, -0.05) is 18.2 Å². The Hall–Kier alpha value is -3.27. The van der Waals surface area contributed by atoms with Gasteiger partial charge in [0.2, 0.25) is 0 Å². The van der Waals surface area contributed by atoms with Crippen molar-refractivity contribution in [3.63, 3.8) is 0 Å². The number of ether oxygens (including phenoxy) is 2. The predicted octanol–water partition coefficient (Wildman–Crippen LogP) is 3.55. The summed E-state index contributed by atoms with van der Waals surface area (Å²) in [5.74, 6) is -0.558. The van der Waals surface area contributed by atoms with E-state index in [1.807, 2.05) is 32.9 Å². The molecule has 7 heteroatoms. The number of aromatic nitrogens is 1. The number of carbonyl (C=O) groups excluding carboxylic acids is 2. The van der Waals surface area contributed by atoms with E-state index >= 15 is 0 Å². The van der Waals surface area contributed by atoms with Crippen LogP contribution in [0.4, 0.5) is 0 Å². The van der Waals surface area contributed by atoms with Crippen LogP contribution >= 0.6 is 0 Å². The highest BCUT2D eigenvalue weighted by Gasteiger charge is 2.38. The van der Waals surface area contributed by atoms with Gasteiger partial charge in [0, 0.05) is 23.7 Å². The third kappa shape index (κ3) is 3.90. The van der Waals surface area contributed by atoms with Gasteiger partial charge in [-0.25, -0.2) is 0 Å². The first kappa shape index (κ1) is 21.0. The lowest BCUT2D eigenvalue weighted by Crippen LogP contribution is -2.44. The van der Waals surface area contributed by atoms with Crippen LogP contribution in [0.3, 0.4) is 0 Å². The molecule has 0 spiro atoms. The fourth-order valence-electron chi connectivity index (χ4n) is 4.47. The molecular weight excluding hydrogens is 394 g/mol. The van der Waals surface area contributed by atoms with Crippen LogP contribution in [0.5, 0.6) is 0 Å². The maximum Gasteiger partial charge on any atom is 0.311 e. The number of rotatable bonds is 4. The van der Waals surface area contributed by atoms with Crippen molar-refractivity contribution in [3.05, 3.63) is 46.7 Å². The lowest BCUT2D eigenvalue weighted by atomic mass is 9.76. The minimum Gasteiger partial charge on any atom is -0.461 e. The molecule has 0 saturated carbocycles. The topological polar surface area (TPSA) is 95.4 Å². The second-order valence-electron chi connectivity index (χ2n) is 9.31. The summed E-state index contributed by atoms with van der Waals surface area (Å²) in [4.78, 5) is 28.7. The van der Waals surface area contributed by atoms with Gasteiger partial charge >= 0.3 is 11.9 Å². The van der Waals surface area contributed by atoms with Crippen molar-refractivity contribution in [2.75, 3.05) is 13.2 Å². The Labute approximate surface area is 181 Å². The number of nitrogens with zero attached hydrogens (tertiary/aromatic N) is 2. The average molecular weight is 421 g/mol. The lowest BCUT2D eigenvalue weighted by molar-refractivity contribution is -0.154. The summed E-state index contributed by atoms with van der Waals surface area (Å²) < 4.78 is 10.8. The van der Waals surface area contributed by atoms with Crippen LogP contribution in [0.2, 0.25) is 0 Å². The number of carbonyl (C=O) groups is 2. The lowest BCUT2D eigenvalue weighted by Gasteiger charge is -2.40. The van der Waals surface area contributed by atoms with Gasteiger partial charge in [0.1, 0.15) is 13.2 Å². The van der Waals surface area contributed by atoms with Crippen molar-refractivity contribution in [3.8, 4) is 6.19 Å². The molecule has 0 unspecified atom stereocenters. The number of hydrogen-bond donors (Lipinski definition) is 1. The number of nitrogens with one attached hydrogen (secondary N) is 1. The fourth-order valence-corrected chi connectivity index (χ4v) is 4.47. The van der Waals surface area contributed by atoms with Gasteiger partial charge in [-0.3, -0.25) is 9.59 Å². The molecular formula is C24H27N3O4. The molecule has 4 rings (SSSR count). The molecule has 2 aromatic rings. The molecule has 0 saturated heterocycles. The summed E-state index contributed by atoms with van der Waals surface area (Å²) in [6, 6.07) is 6.07. The molecule has 31 heavy (non-hydrogen) atoms. The molecule has 0 bridgehead atoms. The number of H-pyrrole nitrogens is 1. The largest absolute Gasteiger partial charge is 0.461 e. The van der Waals surface area contributed by atoms with Crippen molar-refractivity contribution in [1.82, 2.24) is 9.88 Å². The van der Waals surface area contributed by atoms with E-state index in [1.54, 1.807) is 4.90 Å². The Bertz CT molecular complexity index is 1120. The molecule has 1 N–H and O–H groups in total. The van der Waals surface area contributed by atoms with Crippen LogP contribution < -0.4 is 0 Å². The highest BCUT2D eigenvalue weighted by Crippen LogP contribution is 2.43. The van der Waals surface area contributed by atoms with E-state index in [9.17, 15) is 14.9 Å². The first-order valence-electron chi connectivity index (χ1n) is 10.5. The maximum atomic E-state index is 12.3. The van der Waals surface area contributed by atoms with Crippen molar-refractivity contribution < 1.29 is 19.1 Å². The zero-order valence-corrected chi connectivity index (χ0v) is 18.3. The molecule has 7 nitrogen and oxygen atoms in total. The van der Waals surface area contributed by atoms with Gasteiger partial charge in [0.05, 0.1) is 23.7 Å². The minimum absolute atomic E-state index is 0.0240. The molecule has 2 aliphatic rings. The third-order valence-corrected chi connectivity index (χ3v) is 5.97. The van der Waals surface area contributed by atoms with E-state index in [0.717, 1.165) is 33.3 Å². The minimum atomic E-state index is -0.566. The number of esters is 2. The summed E-state index contributed by atoms with van der Waals surface area (Å²) in [6.07, 6.45) is 5.14. The van der Waals surface area contributed by atoms with Crippen LogP contribution in [0.15, 0.2) is 29.8 Å². The van der Waals surface area contributed by atoms with Crippen LogP contribution in [0, 0.1) is 16.9 Å². The van der Waals surface area contributed by atoms with Crippen LogP contribution in [-0.2, 0) is 32.1 Å². The first-order chi connectivity index (χ1) is 14.7. The summed E-state index contributed by atoms with van der Waals surface area (Å²) in [5, 5.41) is 10.9. The first-order valence-corrected chi connectivity index (χ1v) is 10.5. The van der Waals surface area contributed by atoms with Crippen molar-refractivity contribution in [2.45, 2.75) is 52.7 Å². The number of fused-ring (bicyclic) bond motifs is 2. The Morgan fingerprint density at radius 1 is 1.26 bits per heavy atom. The van der Waals surface area contributed by atoms with Crippen molar-refractivity contribution >= 4 is 22.8 Å². The Kier molecular flexibility index (Phi) is 5.26. The normalized spacial score (nSPS) is 20.0. The summed E-state index contributed by atoms with van der Waals surface area (Å²) in [5.41, 5.74) is 4.47. The standard InChI is InChI=1S/C24H27N3O4/c1-14(28)30-11-15-8-17-16-6-5-7-19-22(16)18(9-21(17)27(10-15)13-25)20(26-19)12-31-23(29)24(2,3)4/h5-8,17,21,26H,9-12H2,1-4H3/t17-,21-/m1/s1. The summed E-state index contributed by atoms with van der Waals surface area (Å²) in [6.45, 7) is 7.70. The van der Waals surface area contributed by atoms with Crippen LogP contribution in [0.25, 0.3) is 10.9 Å². The van der Waals surface area contributed by atoms with Gasteiger partial charge in [-0.05, 0) is 50.0 Å². The molecule has 0 fully saturated rings. The molecule has 1 aromatic heterocycles. The smallest absolute Gasteiger partial charge is 0.311 e. The molecule has 0 radical (unpaired) electrons. The predicted molar refractivity (Wildman–Crippen MR) is 115 cm³/mol. The molecule has 1 aromatic carbocycles. The Morgan fingerprint density at radius 2 is 2.03 bits per heavy atom. The zero-order valence-electron chi connectivity index (χ0n) is 18.3. The van der Waals surface area contributed by atoms with E-state index in [0.29, 0.717) is 13.0 Å². The number of benzene rings is 1. The summed E-state index contributed by atoms with van der Waals surface area (Å²) >= 11 is 0. The Morgan fingerprint density at radius 3 is 2.71 bits per heavy atom. The second-order valence-corrected chi connectivity index (χ2v) is 9.31. The van der Waals surface area contributed by atoms with Gasteiger partial charge in [0.25, 0.3) is 0 Å². The van der Waals surface area contributed by atoms with Gasteiger partial charge < -0.3 is 19.4 Å². The highest BCUT2D eigenvalue weighted by molar-refractivity contribution is 5.90. The molecule has 0 amide bonds. The fraction of sp³-hybridized carbons (Fsp3) is 0.458. The second kappa shape index (κ2) is 7.77. The van der Waals surface area contributed by atoms with Crippen molar-refractivity contribution in [2.24, 2.45) is 5.41 Å². The summed E-state index contributed by atoms with van der Waals surface area (Å²) in [7, 11) is 0. The van der Waals surface area contributed by atoms with Gasteiger partial charge in [0.15, 0.2) is 6.19 Å².